The number of pyridine rings is 1. The SMILES string of the molecule is CO[C@H]1CCN(Sc2ccc(N/C=C(\N=N)c3cc4cc(O)ccc4[nH]c3=O)cc2)C1. The van der Waals surface area contributed by atoms with Crippen molar-refractivity contribution in [3.8, 4) is 5.75 Å². The molecule has 4 N–H and O–H groups in total. The maximum atomic E-state index is 12.4. The third kappa shape index (κ3) is 4.96. The first-order valence-electron chi connectivity index (χ1n) is 9.82. The average Bonchev–Trinajstić information content (AvgIpc) is 3.23. The van der Waals surface area contributed by atoms with E-state index in [2.05, 4.69) is 19.7 Å². The van der Waals surface area contributed by atoms with Gasteiger partial charge in [-0.05, 0) is 66.9 Å². The molecule has 2 aromatic carbocycles. The highest BCUT2D eigenvalue weighted by Gasteiger charge is 2.22. The molecule has 3 aromatic rings. The lowest BCUT2D eigenvalue weighted by molar-refractivity contribution is 0.115. The number of phenolic OH excluding ortho intramolecular Hbond substituents is 1. The number of aromatic hydroxyl groups is 1. The van der Waals surface area contributed by atoms with Crippen molar-refractivity contribution in [2.24, 2.45) is 5.11 Å². The molecule has 0 amide bonds. The van der Waals surface area contributed by atoms with E-state index >= 15 is 0 Å². The predicted octanol–water partition coefficient (Wildman–Crippen LogP) is 4.40. The van der Waals surface area contributed by atoms with E-state index < -0.39 is 0 Å². The number of fused-ring (bicyclic) bond motifs is 1. The summed E-state index contributed by atoms with van der Waals surface area (Å²) in [5.41, 5.74) is 9.00. The first-order valence-corrected chi connectivity index (χ1v) is 10.6. The quantitative estimate of drug-likeness (QED) is 0.322. The van der Waals surface area contributed by atoms with E-state index in [0.29, 0.717) is 17.0 Å². The Morgan fingerprint density at radius 3 is 2.84 bits per heavy atom. The Balaban J connectivity index is 1.48. The van der Waals surface area contributed by atoms with E-state index in [1.54, 1.807) is 37.3 Å². The van der Waals surface area contributed by atoms with Gasteiger partial charge in [0.25, 0.3) is 5.56 Å². The van der Waals surface area contributed by atoms with E-state index in [0.717, 1.165) is 30.1 Å². The molecule has 1 aliphatic heterocycles. The van der Waals surface area contributed by atoms with Crippen molar-refractivity contribution in [3.05, 3.63) is 70.6 Å². The van der Waals surface area contributed by atoms with E-state index in [1.807, 2.05) is 24.3 Å². The fourth-order valence-electron chi connectivity index (χ4n) is 3.44. The second-order valence-corrected chi connectivity index (χ2v) is 8.39. The molecular formula is C22H23N5O3S. The van der Waals surface area contributed by atoms with Gasteiger partial charge in [0.15, 0.2) is 0 Å². The monoisotopic (exact) mass is 437 g/mol. The number of nitrogens with one attached hydrogen (secondary N) is 3. The number of aromatic amines is 1. The van der Waals surface area contributed by atoms with Crippen LogP contribution in [0.1, 0.15) is 12.0 Å². The van der Waals surface area contributed by atoms with Gasteiger partial charge < -0.3 is 20.1 Å². The number of methoxy groups -OCH3 is 1. The molecule has 8 nitrogen and oxygen atoms in total. The zero-order valence-electron chi connectivity index (χ0n) is 17.0. The molecule has 1 aromatic heterocycles. The van der Waals surface area contributed by atoms with Crippen LogP contribution in [0.4, 0.5) is 5.69 Å². The minimum atomic E-state index is -0.353. The molecule has 1 aliphatic rings. The fourth-order valence-corrected chi connectivity index (χ4v) is 4.43. The minimum absolute atomic E-state index is 0.0987. The van der Waals surface area contributed by atoms with Crippen LogP contribution in [0.5, 0.6) is 5.75 Å². The number of ether oxygens (including phenoxy) is 1. The van der Waals surface area contributed by atoms with Crippen molar-refractivity contribution < 1.29 is 9.84 Å². The largest absolute Gasteiger partial charge is 0.508 e. The summed E-state index contributed by atoms with van der Waals surface area (Å²) in [6.07, 6.45) is 2.87. The van der Waals surface area contributed by atoms with Crippen LogP contribution in [0, 0.1) is 5.53 Å². The van der Waals surface area contributed by atoms with Gasteiger partial charge in [0.1, 0.15) is 11.4 Å². The Hall–Kier alpha value is -3.14. The molecular weight excluding hydrogens is 414 g/mol. The van der Waals surface area contributed by atoms with Crippen LogP contribution in [0.3, 0.4) is 0 Å². The number of aromatic nitrogens is 1. The first kappa shape index (κ1) is 21.1. The third-order valence-electron chi connectivity index (χ3n) is 5.13. The zero-order chi connectivity index (χ0) is 21.8. The van der Waals surface area contributed by atoms with Crippen LogP contribution in [0.15, 0.2) is 69.5 Å². The van der Waals surface area contributed by atoms with Gasteiger partial charge in [0, 0.05) is 47.9 Å². The van der Waals surface area contributed by atoms with Crippen molar-refractivity contribution >= 4 is 34.2 Å². The molecule has 0 bridgehead atoms. The highest BCUT2D eigenvalue weighted by atomic mass is 32.2. The molecule has 1 fully saturated rings. The summed E-state index contributed by atoms with van der Waals surface area (Å²) in [5, 5.41) is 16.9. The second-order valence-electron chi connectivity index (χ2n) is 7.22. The Labute approximate surface area is 183 Å². The van der Waals surface area contributed by atoms with Crippen LogP contribution in [-0.4, -0.2) is 40.7 Å². The highest BCUT2D eigenvalue weighted by Crippen LogP contribution is 2.28. The Morgan fingerprint density at radius 1 is 1.32 bits per heavy atom. The minimum Gasteiger partial charge on any atom is -0.508 e. The Bertz CT molecular complexity index is 1180. The lowest BCUT2D eigenvalue weighted by Crippen LogP contribution is -2.15. The molecule has 1 saturated heterocycles. The topological polar surface area (TPSA) is 114 Å². The molecule has 0 spiro atoms. The summed E-state index contributed by atoms with van der Waals surface area (Å²) in [6.45, 7) is 1.91. The van der Waals surface area contributed by atoms with Crippen molar-refractivity contribution in [1.29, 1.82) is 5.53 Å². The molecule has 0 saturated carbocycles. The Morgan fingerprint density at radius 2 is 2.13 bits per heavy atom. The summed E-state index contributed by atoms with van der Waals surface area (Å²) in [6, 6.07) is 14.2. The molecule has 4 rings (SSSR count). The smallest absolute Gasteiger partial charge is 0.258 e. The third-order valence-corrected chi connectivity index (χ3v) is 6.20. The van der Waals surface area contributed by atoms with Gasteiger partial charge in [-0.3, -0.25) is 4.79 Å². The van der Waals surface area contributed by atoms with Gasteiger partial charge in [-0.25, -0.2) is 9.84 Å². The summed E-state index contributed by atoms with van der Waals surface area (Å²) >= 11 is 1.70. The van der Waals surface area contributed by atoms with Crippen molar-refractivity contribution in [3.63, 3.8) is 0 Å². The van der Waals surface area contributed by atoms with Crippen LogP contribution in [-0.2, 0) is 4.74 Å². The number of nitrogens with zero attached hydrogens (tertiary/aromatic N) is 2. The van der Waals surface area contributed by atoms with Crippen molar-refractivity contribution in [1.82, 2.24) is 9.29 Å². The van der Waals surface area contributed by atoms with Crippen LogP contribution < -0.4 is 10.9 Å². The van der Waals surface area contributed by atoms with Crippen LogP contribution in [0.2, 0.25) is 0 Å². The highest BCUT2D eigenvalue weighted by molar-refractivity contribution is 7.97. The molecule has 2 heterocycles. The Kier molecular flexibility index (Phi) is 6.36. The average molecular weight is 438 g/mol. The number of hydrogen-bond donors (Lipinski definition) is 4. The number of hydrogen-bond acceptors (Lipinski definition) is 8. The molecule has 1 atom stereocenters. The number of rotatable bonds is 7. The number of anilines is 1. The van der Waals surface area contributed by atoms with Crippen LogP contribution >= 0.6 is 11.9 Å². The lowest BCUT2D eigenvalue weighted by atomic mass is 10.1. The number of phenols is 1. The van der Waals surface area contributed by atoms with Gasteiger partial charge in [0.2, 0.25) is 0 Å². The van der Waals surface area contributed by atoms with Crippen molar-refractivity contribution in [2.45, 2.75) is 17.4 Å². The van der Waals surface area contributed by atoms with Gasteiger partial charge in [-0.15, -0.1) is 0 Å². The number of H-pyrrole nitrogens is 1. The summed E-state index contributed by atoms with van der Waals surface area (Å²) in [7, 11) is 1.75. The second kappa shape index (κ2) is 9.34. The summed E-state index contributed by atoms with van der Waals surface area (Å²) < 4.78 is 7.69. The van der Waals surface area contributed by atoms with E-state index in [9.17, 15) is 9.90 Å². The number of benzene rings is 2. The lowest BCUT2D eigenvalue weighted by Gasteiger charge is -2.14. The van der Waals surface area contributed by atoms with Crippen LogP contribution in [0.25, 0.3) is 16.6 Å². The fraction of sp³-hybridized carbons (Fsp3) is 0.227. The van der Waals surface area contributed by atoms with Gasteiger partial charge in [-0.2, -0.15) is 5.11 Å². The molecule has 9 heteroatoms. The summed E-state index contributed by atoms with van der Waals surface area (Å²) in [4.78, 5) is 16.3. The molecule has 160 valence electrons. The maximum Gasteiger partial charge on any atom is 0.258 e. The van der Waals surface area contributed by atoms with Gasteiger partial charge in [-0.1, -0.05) is 0 Å². The first-order chi connectivity index (χ1) is 15.1. The van der Waals surface area contributed by atoms with E-state index in [-0.39, 0.29) is 22.6 Å². The van der Waals surface area contributed by atoms with Gasteiger partial charge >= 0.3 is 0 Å². The standard InChI is InChI=1S/C22H23N5O3S/c1-30-17-8-9-27(13-17)31-18-5-2-15(3-6-18)24-12-21(26-23)19-11-14-10-16(28)4-7-20(14)25-22(19)29/h2-7,10-12,17,23-24,28H,8-9,13H2,1H3,(H,25,29)/b21-12-,26-23?/t17-/m0/s1. The normalized spacial score (nSPS) is 17.2. The predicted molar refractivity (Wildman–Crippen MR) is 122 cm³/mol. The molecule has 0 unspecified atom stereocenters. The zero-order valence-corrected chi connectivity index (χ0v) is 17.8. The summed E-state index contributed by atoms with van der Waals surface area (Å²) in [5.74, 6) is 0.0987. The maximum absolute atomic E-state index is 12.4. The van der Waals surface area contributed by atoms with E-state index in [4.69, 9.17) is 10.3 Å². The van der Waals surface area contributed by atoms with E-state index in [1.165, 1.54) is 12.3 Å². The van der Waals surface area contributed by atoms with Gasteiger partial charge in [0.05, 0.1) is 11.7 Å². The molecule has 31 heavy (non-hydrogen) atoms. The van der Waals surface area contributed by atoms with Crippen molar-refractivity contribution in [2.75, 3.05) is 25.5 Å². The molecule has 0 radical (unpaired) electrons. The molecule has 0 aliphatic carbocycles.